The fourth-order valence-electron chi connectivity index (χ4n) is 3.59. The summed E-state index contributed by atoms with van der Waals surface area (Å²) in [7, 11) is 1.48. The van der Waals surface area contributed by atoms with Gasteiger partial charge in [-0.15, -0.1) is 0 Å². The highest BCUT2D eigenvalue weighted by molar-refractivity contribution is 5.92. The number of hydrogen-bond donors (Lipinski definition) is 3. The molecule has 1 amide bonds. The average molecular weight is 348 g/mol. The number of piperidine rings is 1. The maximum Gasteiger partial charge on any atom is 0.244 e. The van der Waals surface area contributed by atoms with E-state index in [1.807, 2.05) is 27.7 Å². The number of carbonyl (C=O) groups is 1. The zero-order chi connectivity index (χ0) is 18.8. The summed E-state index contributed by atoms with van der Waals surface area (Å²) in [6, 6.07) is 4.88. The highest BCUT2D eigenvalue weighted by Gasteiger charge is 2.45. The number of rotatable bonds is 4. The summed E-state index contributed by atoms with van der Waals surface area (Å²) in [5.41, 5.74) is -0.0581. The third-order valence-electron chi connectivity index (χ3n) is 4.62. The molecule has 1 fully saturated rings. The van der Waals surface area contributed by atoms with Crippen molar-refractivity contribution in [2.45, 2.75) is 57.7 Å². The molecule has 0 bridgehead atoms. The average Bonchev–Trinajstić information content (AvgIpc) is 2.51. The van der Waals surface area contributed by atoms with E-state index in [2.05, 4.69) is 5.32 Å². The molecule has 0 unspecified atom stereocenters. The van der Waals surface area contributed by atoms with Crippen LogP contribution in [-0.2, 0) is 4.79 Å². The topological polar surface area (TPSA) is 82.0 Å². The van der Waals surface area contributed by atoms with Crippen LogP contribution in [0.2, 0.25) is 0 Å². The molecule has 3 N–H and O–H groups in total. The molecule has 6 nitrogen and oxygen atoms in total. The third-order valence-corrected chi connectivity index (χ3v) is 4.62. The van der Waals surface area contributed by atoms with Crippen molar-refractivity contribution < 1.29 is 19.8 Å². The summed E-state index contributed by atoms with van der Waals surface area (Å²) in [6.45, 7) is 7.86. The molecule has 0 spiro atoms. The van der Waals surface area contributed by atoms with Crippen molar-refractivity contribution >= 4 is 12.0 Å². The lowest BCUT2D eigenvalue weighted by Crippen LogP contribution is -2.62. The van der Waals surface area contributed by atoms with Gasteiger partial charge in [0, 0.05) is 23.2 Å². The van der Waals surface area contributed by atoms with Crippen LogP contribution in [0.5, 0.6) is 11.5 Å². The molecule has 0 aromatic heterocycles. The molecule has 0 aliphatic carbocycles. The molecule has 0 radical (unpaired) electrons. The van der Waals surface area contributed by atoms with Crippen LogP contribution >= 0.6 is 0 Å². The van der Waals surface area contributed by atoms with Crippen LogP contribution in [0.15, 0.2) is 24.3 Å². The SMILES string of the molecule is COc1cc(C=CC(=O)NC2CC(C)(C)N(O)C(C)(C)C2)ccc1O. The quantitative estimate of drug-likeness (QED) is 0.729. The van der Waals surface area contributed by atoms with E-state index in [1.54, 1.807) is 18.2 Å². The van der Waals surface area contributed by atoms with Gasteiger partial charge >= 0.3 is 0 Å². The highest BCUT2D eigenvalue weighted by Crippen LogP contribution is 2.36. The number of hydroxylamine groups is 2. The summed E-state index contributed by atoms with van der Waals surface area (Å²) in [4.78, 5) is 12.3. The number of phenols is 1. The first-order chi connectivity index (χ1) is 11.5. The molecular formula is C19H28N2O4. The molecule has 1 heterocycles. The number of ether oxygens (including phenoxy) is 1. The third kappa shape index (κ3) is 4.52. The van der Waals surface area contributed by atoms with E-state index >= 15 is 0 Å². The first kappa shape index (κ1) is 19.3. The van der Waals surface area contributed by atoms with Crippen molar-refractivity contribution in [3.8, 4) is 11.5 Å². The highest BCUT2D eigenvalue weighted by atomic mass is 16.5. The summed E-state index contributed by atoms with van der Waals surface area (Å²) in [6.07, 6.45) is 4.48. The molecule has 0 atom stereocenters. The van der Waals surface area contributed by atoms with E-state index in [-0.39, 0.29) is 17.7 Å². The number of amides is 1. The number of phenolic OH excluding ortho intramolecular Hbond substituents is 1. The lowest BCUT2D eigenvalue weighted by Gasteiger charge is -2.51. The van der Waals surface area contributed by atoms with Crippen LogP contribution in [-0.4, -0.2) is 45.5 Å². The summed E-state index contributed by atoms with van der Waals surface area (Å²) < 4.78 is 5.06. The van der Waals surface area contributed by atoms with Gasteiger partial charge in [0.25, 0.3) is 0 Å². The minimum Gasteiger partial charge on any atom is -0.504 e. The van der Waals surface area contributed by atoms with E-state index in [0.717, 1.165) is 5.56 Å². The second kappa shape index (κ2) is 7.06. The maximum atomic E-state index is 12.3. The van der Waals surface area contributed by atoms with Crippen molar-refractivity contribution in [3.63, 3.8) is 0 Å². The van der Waals surface area contributed by atoms with Crippen molar-refractivity contribution in [1.29, 1.82) is 0 Å². The van der Waals surface area contributed by atoms with Crippen LogP contribution in [0, 0.1) is 0 Å². The maximum absolute atomic E-state index is 12.3. The first-order valence-electron chi connectivity index (χ1n) is 8.40. The number of benzene rings is 1. The van der Waals surface area contributed by atoms with Gasteiger partial charge in [0.2, 0.25) is 5.91 Å². The van der Waals surface area contributed by atoms with Gasteiger partial charge < -0.3 is 20.4 Å². The van der Waals surface area contributed by atoms with E-state index in [0.29, 0.717) is 18.6 Å². The van der Waals surface area contributed by atoms with Gasteiger partial charge in [-0.2, -0.15) is 5.06 Å². The Labute approximate surface area is 149 Å². The van der Waals surface area contributed by atoms with E-state index in [9.17, 15) is 15.1 Å². The molecule has 2 rings (SSSR count). The molecule has 1 aromatic rings. The Balaban J connectivity index is 2.03. The van der Waals surface area contributed by atoms with Gasteiger partial charge in [-0.25, -0.2) is 0 Å². The van der Waals surface area contributed by atoms with Crippen molar-refractivity contribution in [2.24, 2.45) is 0 Å². The molecule has 1 aliphatic heterocycles. The second-order valence-electron chi connectivity index (χ2n) is 7.82. The fourth-order valence-corrected chi connectivity index (χ4v) is 3.59. The Kier molecular flexibility index (Phi) is 5.44. The predicted molar refractivity (Wildman–Crippen MR) is 96.6 cm³/mol. The Morgan fingerprint density at radius 2 is 1.88 bits per heavy atom. The monoisotopic (exact) mass is 348 g/mol. The molecule has 0 saturated carbocycles. The fraction of sp³-hybridized carbons (Fsp3) is 0.526. The Morgan fingerprint density at radius 1 is 1.28 bits per heavy atom. The van der Waals surface area contributed by atoms with Crippen LogP contribution in [0.25, 0.3) is 6.08 Å². The number of hydrogen-bond acceptors (Lipinski definition) is 5. The van der Waals surface area contributed by atoms with Gasteiger partial charge in [0.15, 0.2) is 11.5 Å². The van der Waals surface area contributed by atoms with Crippen LogP contribution in [0.4, 0.5) is 0 Å². The van der Waals surface area contributed by atoms with Gasteiger partial charge in [0.1, 0.15) is 0 Å². The van der Waals surface area contributed by atoms with Crippen molar-refractivity contribution in [2.75, 3.05) is 7.11 Å². The number of methoxy groups -OCH3 is 1. The summed E-state index contributed by atoms with van der Waals surface area (Å²) in [5.74, 6) is 0.237. The molecule has 25 heavy (non-hydrogen) atoms. The molecule has 1 aliphatic rings. The van der Waals surface area contributed by atoms with E-state index < -0.39 is 11.1 Å². The Hall–Kier alpha value is -2.05. The minimum absolute atomic E-state index is 0.0140. The van der Waals surface area contributed by atoms with Gasteiger partial charge in [0.05, 0.1) is 7.11 Å². The molecule has 6 heteroatoms. The molecule has 1 saturated heterocycles. The minimum atomic E-state index is -0.409. The lowest BCUT2D eigenvalue weighted by atomic mass is 9.79. The lowest BCUT2D eigenvalue weighted by molar-refractivity contribution is -0.245. The molecule has 1 aromatic carbocycles. The first-order valence-corrected chi connectivity index (χ1v) is 8.40. The molecule has 138 valence electrons. The van der Waals surface area contributed by atoms with Crippen molar-refractivity contribution in [1.82, 2.24) is 10.4 Å². The van der Waals surface area contributed by atoms with Gasteiger partial charge in [-0.3, -0.25) is 4.79 Å². The normalized spacial score (nSPS) is 20.6. The van der Waals surface area contributed by atoms with Crippen molar-refractivity contribution in [3.05, 3.63) is 29.8 Å². The Bertz CT molecular complexity index is 649. The van der Waals surface area contributed by atoms with Crippen LogP contribution in [0.1, 0.15) is 46.1 Å². The number of nitrogens with zero attached hydrogens (tertiary/aromatic N) is 1. The molecular weight excluding hydrogens is 320 g/mol. The van der Waals surface area contributed by atoms with Crippen LogP contribution < -0.4 is 10.1 Å². The predicted octanol–water partition coefficient (Wildman–Crippen LogP) is 2.94. The van der Waals surface area contributed by atoms with E-state index in [4.69, 9.17) is 4.74 Å². The second-order valence-corrected chi connectivity index (χ2v) is 7.82. The van der Waals surface area contributed by atoms with Crippen LogP contribution in [0.3, 0.4) is 0 Å². The standard InChI is InChI=1S/C19H28N2O4/c1-18(2)11-14(12-19(3,4)21(18)24)20-17(23)9-7-13-6-8-15(22)16(10-13)25-5/h6-10,14,22,24H,11-12H2,1-5H3,(H,20,23). The summed E-state index contributed by atoms with van der Waals surface area (Å²) in [5, 5.41) is 24.3. The largest absolute Gasteiger partial charge is 0.504 e. The number of aromatic hydroxyl groups is 1. The number of carbonyl (C=O) groups excluding carboxylic acids is 1. The van der Waals surface area contributed by atoms with E-state index in [1.165, 1.54) is 24.3 Å². The zero-order valence-electron chi connectivity index (χ0n) is 15.5. The van der Waals surface area contributed by atoms with Gasteiger partial charge in [-0.05, 0) is 64.3 Å². The number of nitrogens with one attached hydrogen (secondary N) is 1. The zero-order valence-corrected chi connectivity index (χ0v) is 15.5. The summed E-state index contributed by atoms with van der Waals surface area (Å²) >= 11 is 0. The Morgan fingerprint density at radius 3 is 2.44 bits per heavy atom. The van der Waals surface area contributed by atoms with Gasteiger partial charge in [-0.1, -0.05) is 6.07 Å². The smallest absolute Gasteiger partial charge is 0.244 e.